The first-order valence-electron chi connectivity index (χ1n) is 6.97. The Morgan fingerprint density at radius 1 is 1.40 bits per heavy atom. The minimum atomic E-state index is -0.254. The van der Waals surface area contributed by atoms with E-state index >= 15 is 0 Å². The van der Waals surface area contributed by atoms with Gasteiger partial charge in [0.05, 0.1) is 13.2 Å². The van der Waals surface area contributed by atoms with Crippen LogP contribution in [0.2, 0.25) is 0 Å². The lowest BCUT2D eigenvalue weighted by Crippen LogP contribution is -2.31. The maximum Gasteiger partial charge on any atom is 0.132 e. The Bertz CT molecular complexity index is 419. The summed E-state index contributed by atoms with van der Waals surface area (Å²) in [4.78, 5) is 1.16. The summed E-state index contributed by atoms with van der Waals surface area (Å²) in [5.74, 6) is 0.927. The lowest BCUT2D eigenvalue weighted by atomic mass is 9.87. The van der Waals surface area contributed by atoms with E-state index in [1.165, 1.54) is 5.56 Å². The van der Waals surface area contributed by atoms with Gasteiger partial charge in [0.25, 0.3) is 0 Å². The highest BCUT2D eigenvalue weighted by Crippen LogP contribution is 2.28. The molecule has 0 spiro atoms. The van der Waals surface area contributed by atoms with Crippen LogP contribution in [0.3, 0.4) is 0 Å². The van der Waals surface area contributed by atoms with Crippen molar-refractivity contribution in [3.63, 3.8) is 0 Å². The molecule has 0 bridgehead atoms. The van der Waals surface area contributed by atoms with Gasteiger partial charge in [0.2, 0.25) is 0 Å². The second-order valence-electron chi connectivity index (χ2n) is 6.01. The van der Waals surface area contributed by atoms with Crippen LogP contribution in [-0.2, 0) is 6.54 Å². The molecule has 1 unspecified atom stereocenters. The first kappa shape index (κ1) is 17.3. The van der Waals surface area contributed by atoms with E-state index in [2.05, 4.69) is 37.6 Å². The second-order valence-corrected chi connectivity index (χ2v) is 6.86. The maximum atomic E-state index is 9.49. The van der Waals surface area contributed by atoms with Gasteiger partial charge in [0.1, 0.15) is 5.75 Å². The molecule has 0 saturated carbocycles. The second kappa shape index (κ2) is 7.91. The number of hydrogen-bond acceptors (Lipinski definition) is 4. The molecule has 0 aliphatic heterocycles. The normalized spacial score (nSPS) is 13.3. The van der Waals surface area contributed by atoms with E-state index in [0.717, 1.165) is 30.2 Å². The van der Waals surface area contributed by atoms with Crippen molar-refractivity contribution in [2.45, 2.75) is 44.7 Å². The number of rotatable bonds is 8. The molecule has 1 aromatic rings. The van der Waals surface area contributed by atoms with Crippen LogP contribution in [0.15, 0.2) is 23.1 Å². The fourth-order valence-electron chi connectivity index (χ4n) is 2.41. The number of nitrogens with one attached hydrogen (secondary N) is 1. The summed E-state index contributed by atoms with van der Waals surface area (Å²) in [6, 6.07) is 6.27. The first-order valence-corrected chi connectivity index (χ1v) is 8.20. The highest BCUT2D eigenvalue weighted by Gasteiger charge is 2.19. The molecule has 4 heteroatoms. The van der Waals surface area contributed by atoms with Crippen LogP contribution in [0, 0.1) is 5.41 Å². The van der Waals surface area contributed by atoms with Crippen molar-refractivity contribution >= 4 is 11.8 Å². The number of aliphatic hydroxyl groups is 1. The predicted molar refractivity (Wildman–Crippen MR) is 86.6 cm³/mol. The third-order valence-electron chi connectivity index (χ3n) is 3.23. The SMILES string of the molecule is COc1ccc(CNCC(C)(C)CC(C)O)cc1SC. The summed E-state index contributed by atoms with van der Waals surface area (Å²) in [6.07, 6.45) is 2.61. The Labute approximate surface area is 127 Å². The molecule has 0 saturated heterocycles. The van der Waals surface area contributed by atoms with Crippen molar-refractivity contribution in [2.24, 2.45) is 5.41 Å². The van der Waals surface area contributed by atoms with E-state index in [0.29, 0.717) is 0 Å². The molecule has 1 rings (SSSR count). The van der Waals surface area contributed by atoms with Crippen molar-refractivity contribution in [3.05, 3.63) is 23.8 Å². The van der Waals surface area contributed by atoms with E-state index in [1.54, 1.807) is 18.9 Å². The highest BCUT2D eigenvalue weighted by atomic mass is 32.2. The number of aliphatic hydroxyl groups excluding tert-OH is 1. The van der Waals surface area contributed by atoms with Crippen LogP contribution in [0.4, 0.5) is 0 Å². The average molecular weight is 297 g/mol. The lowest BCUT2D eigenvalue weighted by Gasteiger charge is -2.26. The summed E-state index contributed by atoms with van der Waals surface area (Å²) in [6.45, 7) is 7.91. The minimum Gasteiger partial charge on any atom is -0.496 e. The van der Waals surface area contributed by atoms with Crippen LogP contribution in [0.1, 0.15) is 32.8 Å². The van der Waals surface area contributed by atoms with Crippen LogP contribution in [-0.4, -0.2) is 31.1 Å². The van der Waals surface area contributed by atoms with Gasteiger partial charge in [-0.3, -0.25) is 0 Å². The van der Waals surface area contributed by atoms with Crippen molar-refractivity contribution in [1.82, 2.24) is 5.32 Å². The van der Waals surface area contributed by atoms with Gasteiger partial charge in [0, 0.05) is 18.0 Å². The van der Waals surface area contributed by atoms with E-state index in [1.807, 2.05) is 13.0 Å². The van der Waals surface area contributed by atoms with Crippen LogP contribution < -0.4 is 10.1 Å². The molecule has 1 aromatic carbocycles. The van der Waals surface area contributed by atoms with Gasteiger partial charge in [-0.1, -0.05) is 19.9 Å². The van der Waals surface area contributed by atoms with Gasteiger partial charge in [0.15, 0.2) is 0 Å². The Balaban J connectivity index is 2.54. The van der Waals surface area contributed by atoms with Crippen LogP contribution >= 0.6 is 11.8 Å². The Hall–Kier alpha value is -0.710. The van der Waals surface area contributed by atoms with Gasteiger partial charge in [-0.2, -0.15) is 0 Å². The Morgan fingerprint density at radius 3 is 2.65 bits per heavy atom. The molecule has 0 aliphatic rings. The molecule has 0 heterocycles. The highest BCUT2D eigenvalue weighted by molar-refractivity contribution is 7.98. The molecule has 0 radical (unpaired) electrons. The van der Waals surface area contributed by atoms with Crippen molar-refractivity contribution < 1.29 is 9.84 Å². The molecule has 2 N–H and O–H groups in total. The molecule has 0 amide bonds. The topological polar surface area (TPSA) is 41.5 Å². The third kappa shape index (κ3) is 5.73. The summed E-state index contributed by atoms with van der Waals surface area (Å²) in [5, 5.41) is 13.0. The standard InChI is InChI=1S/C16H27NO2S/c1-12(18)9-16(2,3)11-17-10-13-6-7-14(19-4)15(8-13)20-5/h6-8,12,17-18H,9-11H2,1-5H3. The molecule has 0 aromatic heterocycles. The molecule has 0 aliphatic carbocycles. The maximum absolute atomic E-state index is 9.49. The Kier molecular flexibility index (Phi) is 6.86. The molecule has 20 heavy (non-hydrogen) atoms. The summed E-state index contributed by atoms with van der Waals surface area (Å²) in [7, 11) is 1.70. The fourth-order valence-corrected chi connectivity index (χ4v) is 3.03. The van der Waals surface area contributed by atoms with Crippen molar-refractivity contribution in [2.75, 3.05) is 19.9 Å². The molecule has 0 fully saturated rings. The summed E-state index contributed by atoms with van der Waals surface area (Å²) < 4.78 is 5.32. The Morgan fingerprint density at radius 2 is 2.10 bits per heavy atom. The number of ether oxygens (including phenoxy) is 1. The van der Waals surface area contributed by atoms with Gasteiger partial charge in [-0.15, -0.1) is 11.8 Å². The van der Waals surface area contributed by atoms with E-state index in [-0.39, 0.29) is 11.5 Å². The summed E-state index contributed by atoms with van der Waals surface area (Å²) >= 11 is 1.70. The van der Waals surface area contributed by atoms with Crippen LogP contribution in [0.5, 0.6) is 5.75 Å². The summed E-state index contributed by atoms with van der Waals surface area (Å²) in [5.41, 5.74) is 1.35. The van der Waals surface area contributed by atoms with E-state index < -0.39 is 0 Å². The zero-order valence-corrected chi connectivity index (χ0v) is 14.0. The van der Waals surface area contributed by atoms with E-state index in [9.17, 15) is 5.11 Å². The number of benzene rings is 1. The fraction of sp³-hybridized carbons (Fsp3) is 0.625. The van der Waals surface area contributed by atoms with Crippen molar-refractivity contribution in [1.29, 1.82) is 0 Å². The molecular weight excluding hydrogens is 270 g/mol. The minimum absolute atomic E-state index is 0.100. The average Bonchev–Trinajstić information content (AvgIpc) is 2.36. The largest absolute Gasteiger partial charge is 0.496 e. The number of hydrogen-bond donors (Lipinski definition) is 2. The van der Waals surface area contributed by atoms with Crippen LogP contribution in [0.25, 0.3) is 0 Å². The smallest absolute Gasteiger partial charge is 0.132 e. The molecule has 3 nitrogen and oxygen atoms in total. The van der Waals surface area contributed by atoms with Crippen molar-refractivity contribution in [3.8, 4) is 5.75 Å². The molecule has 114 valence electrons. The zero-order valence-electron chi connectivity index (χ0n) is 13.2. The first-order chi connectivity index (χ1) is 9.38. The lowest BCUT2D eigenvalue weighted by molar-refractivity contribution is 0.128. The number of methoxy groups -OCH3 is 1. The molecular formula is C16H27NO2S. The zero-order chi connectivity index (χ0) is 15.2. The monoisotopic (exact) mass is 297 g/mol. The van der Waals surface area contributed by atoms with Gasteiger partial charge < -0.3 is 15.2 Å². The third-order valence-corrected chi connectivity index (χ3v) is 3.99. The molecule has 1 atom stereocenters. The predicted octanol–water partition coefficient (Wildman–Crippen LogP) is 3.30. The quantitative estimate of drug-likeness (QED) is 0.722. The number of thioether (sulfide) groups is 1. The van der Waals surface area contributed by atoms with Gasteiger partial charge in [-0.05, 0) is 42.7 Å². The van der Waals surface area contributed by atoms with E-state index in [4.69, 9.17) is 4.74 Å². The van der Waals surface area contributed by atoms with Gasteiger partial charge >= 0.3 is 0 Å². The van der Waals surface area contributed by atoms with Gasteiger partial charge in [-0.25, -0.2) is 0 Å².